The molecule has 0 fully saturated rings. The monoisotopic (exact) mass is 872 g/mol. The Bertz CT molecular complexity index is 3500. The Morgan fingerprint density at radius 2 is 0.971 bits per heavy atom. The van der Waals surface area contributed by atoms with Gasteiger partial charge in [-0.2, -0.15) is 0 Å². The molecule has 4 aliphatic rings. The van der Waals surface area contributed by atoms with Crippen LogP contribution in [0.2, 0.25) is 0 Å². The Hall–Kier alpha value is -7.94. The molecule has 1 atom stereocenters. The number of hydrogen-bond donors (Lipinski definition) is 0. The Balaban J connectivity index is 0.906. The molecule has 2 heteroatoms. The molecule has 0 amide bonds. The predicted octanol–water partition coefficient (Wildman–Crippen LogP) is 17.8. The van der Waals surface area contributed by atoms with E-state index in [4.69, 9.17) is 0 Å². The second-order valence-corrected chi connectivity index (χ2v) is 20.1. The molecule has 0 bridgehead atoms. The molecule has 13 rings (SSSR count). The van der Waals surface area contributed by atoms with Gasteiger partial charge in [-0.1, -0.05) is 179 Å². The maximum atomic E-state index is 2.55. The molecule has 3 aliphatic carbocycles. The molecule has 0 saturated carbocycles. The van der Waals surface area contributed by atoms with Crippen LogP contribution in [-0.4, -0.2) is 0 Å². The lowest BCUT2D eigenvalue weighted by Gasteiger charge is -2.29. The van der Waals surface area contributed by atoms with Crippen LogP contribution in [0.15, 0.2) is 230 Å². The highest BCUT2D eigenvalue weighted by Gasteiger charge is 2.43. The van der Waals surface area contributed by atoms with Gasteiger partial charge in [0.1, 0.15) is 0 Å². The molecule has 0 spiro atoms. The van der Waals surface area contributed by atoms with Crippen LogP contribution in [-0.2, 0) is 10.8 Å². The van der Waals surface area contributed by atoms with Crippen LogP contribution in [0.5, 0.6) is 0 Å². The molecule has 326 valence electrons. The summed E-state index contributed by atoms with van der Waals surface area (Å²) in [4.78, 5) is 4.91. The van der Waals surface area contributed by atoms with E-state index in [0.717, 1.165) is 23.5 Å². The topological polar surface area (TPSA) is 6.48 Å². The molecule has 0 radical (unpaired) electrons. The third-order valence-corrected chi connectivity index (χ3v) is 15.6. The number of nitrogens with zero attached hydrogens (tertiary/aromatic N) is 2. The fraction of sp³-hybridized carbons (Fsp3) is 0.121. The van der Waals surface area contributed by atoms with E-state index in [1.54, 1.807) is 0 Å². The first-order valence-electron chi connectivity index (χ1n) is 24.2. The normalized spacial score (nSPS) is 16.3. The lowest BCUT2D eigenvalue weighted by Crippen LogP contribution is -2.17. The lowest BCUT2D eigenvalue weighted by molar-refractivity contribution is 0.652. The SMILES string of the molecule is CC1(C)c2cc(N(c3ccc(-c4ccc(-c5ccccc5)cc4)cc3)c3ccc(N4C5=CC=CCC5c5ccccc54)cc3)ccc2-c2cc3c(cc21)-c1c(-c2ccccc2)cccc1C3(C)C. The van der Waals surface area contributed by atoms with Crippen molar-refractivity contribution in [2.45, 2.75) is 50.9 Å². The van der Waals surface area contributed by atoms with Gasteiger partial charge in [-0.3, -0.25) is 0 Å². The van der Waals surface area contributed by atoms with Crippen LogP contribution >= 0.6 is 0 Å². The Morgan fingerprint density at radius 1 is 0.426 bits per heavy atom. The first kappa shape index (κ1) is 40.3. The zero-order chi connectivity index (χ0) is 45.7. The van der Waals surface area contributed by atoms with Crippen molar-refractivity contribution in [3.8, 4) is 55.6 Å². The summed E-state index contributed by atoms with van der Waals surface area (Å²) in [6.45, 7) is 9.65. The maximum absolute atomic E-state index is 2.55. The van der Waals surface area contributed by atoms with Crippen LogP contribution in [0.3, 0.4) is 0 Å². The quantitative estimate of drug-likeness (QED) is 0.157. The van der Waals surface area contributed by atoms with E-state index in [0.29, 0.717) is 5.92 Å². The van der Waals surface area contributed by atoms with Crippen LogP contribution in [0, 0.1) is 0 Å². The van der Waals surface area contributed by atoms with Crippen LogP contribution < -0.4 is 9.80 Å². The summed E-state index contributed by atoms with van der Waals surface area (Å²) in [6.07, 6.45) is 7.84. The number of fused-ring (bicyclic) bond motifs is 9. The maximum Gasteiger partial charge on any atom is 0.0497 e. The number of allylic oxidation sites excluding steroid dienone is 4. The van der Waals surface area contributed by atoms with Crippen molar-refractivity contribution in [1.82, 2.24) is 0 Å². The summed E-state index contributed by atoms with van der Waals surface area (Å²) in [6, 6.07) is 76.9. The van der Waals surface area contributed by atoms with E-state index in [1.807, 2.05) is 0 Å². The van der Waals surface area contributed by atoms with Crippen molar-refractivity contribution in [2.24, 2.45) is 0 Å². The first-order valence-corrected chi connectivity index (χ1v) is 24.2. The van der Waals surface area contributed by atoms with Gasteiger partial charge >= 0.3 is 0 Å². The van der Waals surface area contributed by atoms with Gasteiger partial charge in [0.15, 0.2) is 0 Å². The van der Waals surface area contributed by atoms with Crippen molar-refractivity contribution in [3.05, 3.63) is 258 Å². The van der Waals surface area contributed by atoms with Gasteiger partial charge < -0.3 is 9.80 Å². The second kappa shape index (κ2) is 15.3. The van der Waals surface area contributed by atoms with E-state index in [2.05, 4.69) is 262 Å². The van der Waals surface area contributed by atoms with E-state index < -0.39 is 0 Å². The molecular formula is C66H52N2. The summed E-state index contributed by atoms with van der Waals surface area (Å²) >= 11 is 0. The molecule has 1 unspecified atom stereocenters. The van der Waals surface area contributed by atoms with Crippen molar-refractivity contribution in [2.75, 3.05) is 9.80 Å². The van der Waals surface area contributed by atoms with Gasteiger partial charge in [-0.05, 0) is 163 Å². The van der Waals surface area contributed by atoms with Gasteiger partial charge in [0.25, 0.3) is 0 Å². The molecule has 0 aromatic heterocycles. The molecule has 1 aliphatic heterocycles. The molecule has 1 heterocycles. The number of para-hydroxylation sites is 1. The second-order valence-electron chi connectivity index (χ2n) is 20.1. The zero-order valence-corrected chi connectivity index (χ0v) is 39.0. The van der Waals surface area contributed by atoms with Gasteiger partial charge in [0, 0.05) is 50.9 Å². The molecule has 9 aromatic rings. The minimum absolute atomic E-state index is 0.126. The van der Waals surface area contributed by atoms with E-state index in [1.165, 1.54) is 101 Å². The summed E-state index contributed by atoms with van der Waals surface area (Å²) < 4.78 is 0. The number of anilines is 5. The van der Waals surface area contributed by atoms with Gasteiger partial charge in [-0.15, -0.1) is 0 Å². The van der Waals surface area contributed by atoms with Crippen molar-refractivity contribution < 1.29 is 0 Å². The zero-order valence-electron chi connectivity index (χ0n) is 39.0. The fourth-order valence-electron chi connectivity index (χ4n) is 12.0. The largest absolute Gasteiger partial charge is 0.313 e. The average molecular weight is 873 g/mol. The summed E-state index contributed by atoms with van der Waals surface area (Å²) in [5.41, 5.74) is 26.7. The third kappa shape index (κ3) is 6.17. The van der Waals surface area contributed by atoms with E-state index in [-0.39, 0.29) is 10.8 Å². The van der Waals surface area contributed by atoms with Crippen molar-refractivity contribution >= 4 is 28.4 Å². The number of benzene rings is 9. The van der Waals surface area contributed by atoms with Crippen molar-refractivity contribution in [1.29, 1.82) is 0 Å². The third-order valence-electron chi connectivity index (χ3n) is 15.6. The van der Waals surface area contributed by atoms with Gasteiger partial charge in [0.05, 0.1) is 0 Å². The molecule has 0 saturated heterocycles. The highest BCUT2D eigenvalue weighted by atomic mass is 15.2. The minimum Gasteiger partial charge on any atom is -0.313 e. The highest BCUT2D eigenvalue weighted by molar-refractivity contribution is 5.96. The van der Waals surface area contributed by atoms with Crippen LogP contribution in [0.1, 0.15) is 67.9 Å². The molecule has 2 nitrogen and oxygen atoms in total. The van der Waals surface area contributed by atoms with E-state index >= 15 is 0 Å². The Morgan fingerprint density at radius 3 is 1.68 bits per heavy atom. The average Bonchev–Trinajstić information content (AvgIpc) is 3.93. The van der Waals surface area contributed by atoms with E-state index in [9.17, 15) is 0 Å². The number of hydrogen-bond acceptors (Lipinski definition) is 2. The number of rotatable bonds is 7. The smallest absolute Gasteiger partial charge is 0.0497 e. The Labute approximate surface area is 400 Å². The molecule has 0 N–H and O–H groups in total. The standard InChI is InChI=1S/C66H52N2/c1-65(2)58-23-15-22-52(47-18-9-6-10-19-47)64(58)57-42-60-56(41-61(57)65)53-39-38-51(40-59(53)66(60,3)4)67(48-32-30-46(31-33-48)45-28-26-44(27-29-45)43-16-7-5-8-17-43)49-34-36-50(37-35-49)68-62-24-13-11-20-54(62)55-21-12-14-25-63(55)68/h5-20,22-42,55H,21H2,1-4H3. The Kier molecular flexibility index (Phi) is 9.08. The molecule has 68 heavy (non-hydrogen) atoms. The van der Waals surface area contributed by atoms with Crippen molar-refractivity contribution in [3.63, 3.8) is 0 Å². The summed E-state index contributed by atoms with van der Waals surface area (Å²) in [5, 5.41) is 0. The highest BCUT2D eigenvalue weighted by Crippen LogP contribution is 2.58. The lowest BCUT2D eigenvalue weighted by atomic mass is 9.79. The minimum atomic E-state index is -0.225. The van der Waals surface area contributed by atoms with Gasteiger partial charge in [-0.25, -0.2) is 0 Å². The molecule has 9 aromatic carbocycles. The van der Waals surface area contributed by atoms with Crippen LogP contribution in [0.25, 0.3) is 55.6 Å². The van der Waals surface area contributed by atoms with Gasteiger partial charge in [0.2, 0.25) is 0 Å². The molecular weight excluding hydrogens is 821 g/mol. The summed E-state index contributed by atoms with van der Waals surface area (Å²) in [5.74, 6) is 0.382. The summed E-state index contributed by atoms with van der Waals surface area (Å²) in [7, 11) is 0. The first-order chi connectivity index (χ1) is 33.2. The predicted molar refractivity (Wildman–Crippen MR) is 286 cm³/mol. The van der Waals surface area contributed by atoms with Crippen LogP contribution in [0.4, 0.5) is 28.4 Å². The fourth-order valence-corrected chi connectivity index (χ4v) is 12.0.